The summed E-state index contributed by atoms with van der Waals surface area (Å²) in [6, 6.07) is 20.7. The number of anilines is 1. The first-order valence-electron chi connectivity index (χ1n) is 8.66. The molecule has 0 amide bonds. The molecule has 0 saturated heterocycles. The van der Waals surface area contributed by atoms with Crippen molar-refractivity contribution in [1.29, 1.82) is 0 Å². The summed E-state index contributed by atoms with van der Waals surface area (Å²) in [4.78, 5) is 0. The standard InChI is InChI=1S/C22H21ClN2O3/c1-26-20-9-7-19(8-10-20)25-24-14-16-6-11-21(22(13-16)27-2)28-15-17-4-3-5-18(23)12-17/h3-14,25H,15H2,1-2H3/b24-14+. The van der Waals surface area contributed by atoms with Gasteiger partial charge in [0, 0.05) is 5.02 Å². The molecule has 1 N–H and O–H groups in total. The predicted octanol–water partition coefficient (Wildman–Crippen LogP) is 5.38. The highest BCUT2D eigenvalue weighted by Gasteiger charge is 2.06. The molecule has 0 unspecified atom stereocenters. The van der Waals surface area contributed by atoms with E-state index in [0.717, 1.165) is 22.6 Å². The molecule has 0 aromatic heterocycles. The average molecular weight is 397 g/mol. The Hall–Kier alpha value is -3.18. The summed E-state index contributed by atoms with van der Waals surface area (Å²) < 4.78 is 16.4. The summed E-state index contributed by atoms with van der Waals surface area (Å²) in [7, 11) is 3.24. The normalized spacial score (nSPS) is 10.7. The summed E-state index contributed by atoms with van der Waals surface area (Å²) in [5.41, 5.74) is 5.72. The van der Waals surface area contributed by atoms with Crippen LogP contribution >= 0.6 is 11.6 Å². The number of hydrazone groups is 1. The first kappa shape index (κ1) is 19.6. The summed E-state index contributed by atoms with van der Waals surface area (Å²) in [5, 5.41) is 4.93. The molecule has 5 nitrogen and oxygen atoms in total. The third-order valence-electron chi connectivity index (χ3n) is 3.97. The van der Waals surface area contributed by atoms with Gasteiger partial charge in [-0.1, -0.05) is 23.7 Å². The van der Waals surface area contributed by atoms with Crippen LogP contribution in [-0.4, -0.2) is 20.4 Å². The molecule has 0 spiro atoms. The van der Waals surface area contributed by atoms with Gasteiger partial charge in [0.1, 0.15) is 12.4 Å². The lowest BCUT2D eigenvalue weighted by Crippen LogP contribution is -1.98. The van der Waals surface area contributed by atoms with Crippen LogP contribution in [0, 0.1) is 0 Å². The highest BCUT2D eigenvalue weighted by atomic mass is 35.5. The fourth-order valence-electron chi connectivity index (χ4n) is 2.52. The number of hydrogen-bond donors (Lipinski definition) is 1. The molecular weight excluding hydrogens is 376 g/mol. The van der Waals surface area contributed by atoms with Crippen molar-refractivity contribution in [3.8, 4) is 17.2 Å². The highest BCUT2D eigenvalue weighted by molar-refractivity contribution is 6.30. The second-order valence-corrected chi connectivity index (χ2v) is 6.36. The Labute approximate surface area is 169 Å². The van der Waals surface area contributed by atoms with E-state index in [0.29, 0.717) is 23.1 Å². The van der Waals surface area contributed by atoms with Gasteiger partial charge in [0.05, 0.1) is 26.1 Å². The number of nitrogens with one attached hydrogen (secondary N) is 1. The molecule has 0 fully saturated rings. The van der Waals surface area contributed by atoms with Gasteiger partial charge in [-0.25, -0.2) is 0 Å². The average Bonchev–Trinajstić information content (AvgIpc) is 2.73. The van der Waals surface area contributed by atoms with Gasteiger partial charge in [0.25, 0.3) is 0 Å². The Kier molecular flexibility index (Phi) is 6.76. The number of benzene rings is 3. The molecule has 0 bridgehead atoms. The van der Waals surface area contributed by atoms with Crippen LogP contribution in [0.3, 0.4) is 0 Å². The van der Waals surface area contributed by atoms with Crippen LogP contribution < -0.4 is 19.6 Å². The SMILES string of the molecule is COc1ccc(N/N=C/c2ccc(OCc3cccc(Cl)c3)c(OC)c2)cc1. The zero-order valence-electron chi connectivity index (χ0n) is 15.7. The molecule has 28 heavy (non-hydrogen) atoms. The van der Waals surface area contributed by atoms with E-state index < -0.39 is 0 Å². The van der Waals surface area contributed by atoms with Crippen molar-refractivity contribution in [3.63, 3.8) is 0 Å². The molecule has 0 atom stereocenters. The maximum atomic E-state index is 6.01. The zero-order chi connectivity index (χ0) is 19.8. The van der Waals surface area contributed by atoms with Crippen LogP contribution in [0.4, 0.5) is 5.69 Å². The summed E-state index contributed by atoms with van der Waals surface area (Å²) in [6.07, 6.45) is 1.72. The van der Waals surface area contributed by atoms with Crippen LogP contribution in [0.5, 0.6) is 17.2 Å². The van der Waals surface area contributed by atoms with Gasteiger partial charge in [-0.05, 0) is 65.7 Å². The van der Waals surface area contributed by atoms with Gasteiger partial charge >= 0.3 is 0 Å². The lowest BCUT2D eigenvalue weighted by atomic mass is 10.2. The van der Waals surface area contributed by atoms with E-state index in [2.05, 4.69) is 10.5 Å². The van der Waals surface area contributed by atoms with Crippen molar-refractivity contribution in [2.45, 2.75) is 6.61 Å². The van der Waals surface area contributed by atoms with Gasteiger partial charge in [0.15, 0.2) is 11.5 Å². The monoisotopic (exact) mass is 396 g/mol. The molecule has 3 aromatic carbocycles. The predicted molar refractivity (Wildman–Crippen MR) is 113 cm³/mol. The third-order valence-corrected chi connectivity index (χ3v) is 4.20. The van der Waals surface area contributed by atoms with Gasteiger partial charge in [-0.2, -0.15) is 5.10 Å². The van der Waals surface area contributed by atoms with E-state index in [4.69, 9.17) is 25.8 Å². The van der Waals surface area contributed by atoms with Crippen molar-refractivity contribution in [3.05, 3.63) is 82.9 Å². The minimum atomic E-state index is 0.406. The first-order valence-corrected chi connectivity index (χ1v) is 9.04. The van der Waals surface area contributed by atoms with Gasteiger partial charge < -0.3 is 14.2 Å². The Morgan fingerprint density at radius 3 is 2.46 bits per heavy atom. The molecule has 6 heteroatoms. The molecule has 0 aliphatic heterocycles. The maximum Gasteiger partial charge on any atom is 0.161 e. The molecule has 0 radical (unpaired) electrons. The van der Waals surface area contributed by atoms with Crippen molar-refractivity contribution in [2.75, 3.05) is 19.6 Å². The van der Waals surface area contributed by atoms with E-state index in [9.17, 15) is 0 Å². The van der Waals surface area contributed by atoms with E-state index in [-0.39, 0.29) is 0 Å². The Morgan fingerprint density at radius 1 is 0.929 bits per heavy atom. The van der Waals surface area contributed by atoms with Crippen LogP contribution in [0.2, 0.25) is 5.02 Å². The Morgan fingerprint density at radius 2 is 1.75 bits per heavy atom. The number of halogens is 1. The van der Waals surface area contributed by atoms with Crippen molar-refractivity contribution in [1.82, 2.24) is 0 Å². The summed E-state index contributed by atoms with van der Waals surface area (Å²) in [5.74, 6) is 2.09. The summed E-state index contributed by atoms with van der Waals surface area (Å²) >= 11 is 6.01. The van der Waals surface area contributed by atoms with Crippen LogP contribution in [-0.2, 0) is 6.61 Å². The number of nitrogens with zero attached hydrogens (tertiary/aromatic N) is 1. The minimum absolute atomic E-state index is 0.406. The quantitative estimate of drug-likeness (QED) is 0.410. The fourth-order valence-corrected chi connectivity index (χ4v) is 2.73. The molecule has 0 aliphatic carbocycles. The summed E-state index contributed by atoms with van der Waals surface area (Å²) in [6.45, 7) is 0.406. The molecule has 0 saturated carbocycles. The van der Waals surface area contributed by atoms with Crippen molar-refractivity contribution in [2.24, 2.45) is 5.10 Å². The van der Waals surface area contributed by atoms with Gasteiger partial charge in [0.2, 0.25) is 0 Å². The van der Waals surface area contributed by atoms with Gasteiger partial charge in [-0.15, -0.1) is 0 Å². The number of ether oxygens (including phenoxy) is 3. The molecule has 144 valence electrons. The van der Waals surface area contributed by atoms with Gasteiger partial charge in [-0.3, -0.25) is 5.43 Å². The second kappa shape index (κ2) is 9.67. The minimum Gasteiger partial charge on any atom is -0.497 e. The van der Waals surface area contributed by atoms with Crippen LogP contribution in [0.25, 0.3) is 0 Å². The number of rotatable bonds is 8. The van der Waals surface area contributed by atoms with E-state index in [1.165, 1.54) is 0 Å². The van der Waals surface area contributed by atoms with E-state index >= 15 is 0 Å². The molecule has 0 heterocycles. The van der Waals surface area contributed by atoms with E-state index in [1.807, 2.05) is 66.7 Å². The third kappa shape index (κ3) is 5.41. The number of hydrogen-bond acceptors (Lipinski definition) is 5. The van der Waals surface area contributed by atoms with Crippen LogP contribution in [0.15, 0.2) is 71.8 Å². The molecule has 0 aliphatic rings. The zero-order valence-corrected chi connectivity index (χ0v) is 16.4. The molecular formula is C22H21ClN2O3. The van der Waals surface area contributed by atoms with Crippen LogP contribution in [0.1, 0.15) is 11.1 Å². The largest absolute Gasteiger partial charge is 0.497 e. The maximum absolute atomic E-state index is 6.01. The highest BCUT2D eigenvalue weighted by Crippen LogP contribution is 2.28. The first-order chi connectivity index (χ1) is 13.7. The molecule has 3 aromatic rings. The van der Waals surface area contributed by atoms with Crippen molar-refractivity contribution < 1.29 is 14.2 Å². The lowest BCUT2D eigenvalue weighted by molar-refractivity contribution is 0.284. The van der Waals surface area contributed by atoms with E-state index in [1.54, 1.807) is 20.4 Å². The Balaban J connectivity index is 1.63. The smallest absolute Gasteiger partial charge is 0.161 e. The Bertz CT molecular complexity index is 943. The number of methoxy groups -OCH3 is 2. The topological polar surface area (TPSA) is 52.1 Å². The molecule has 3 rings (SSSR count). The van der Waals surface area contributed by atoms with Crippen molar-refractivity contribution >= 4 is 23.5 Å². The fraction of sp³-hybridized carbons (Fsp3) is 0.136. The second-order valence-electron chi connectivity index (χ2n) is 5.93. The lowest BCUT2D eigenvalue weighted by Gasteiger charge is -2.11.